The van der Waals surface area contributed by atoms with Gasteiger partial charge in [-0.3, -0.25) is 0 Å². The molecule has 3 aromatic rings. The van der Waals surface area contributed by atoms with Crippen LogP contribution in [-0.4, -0.2) is 38.3 Å². The molecule has 0 aliphatic heterocycles. The molecule has 0 saturated heterocycles. The molecule has 0 unspecified atom stereocenters. The highest BCUT2D eigenvalue weighted by Gasteiger charge is 2.23. The van der Waals surface area contributed by atoms with Gasteiger partial charge in [0.1, 0.15) is 11.1 Å². The maximum Gasteiger partial charge on any atom is 0.344 e. The largest absolute Gasteiger partial charge is 0.504 e. The number of ether oxygens (including phenoxy) is 1. The fourth-order valence-electron chi connectivity index (χ4n) is 2.10. The van der Waals surface area contributed by atoms with Crippen molar-refractivity contribution in [1.29, 1.82) is 0 Å². The maximum atomic E-state index is 11.9. The summed E-state index contributed by atoms with van der Waals surface area (Å²) in [5, 5.41) is 27.5. The number of aromatic nitrogens is 3. The van der Waals surface area contributed by atoms with Crippen LogP contribution in [-0.2, 0) is 4.74 Å². The molecule has 21 heavy (non-hydrogen) atoms. The van der Waals surface area contributed by atoms with Crippen molar-refractivity contribution >= 4 is 17.0 Å². The molecule has 0 aliphatic rings. The molecule has 3 rings (SSSR count). The summed E-state index contributed by atoms with van der Waals surface area (Å²) in [6, 6.07) is 9.91. The van der Waals surface area contributed by atoms with Crippen molar-refractivity contribution in [2.24, 2.45) is 0 Å². The summed E-state index contributed by atoms with van der Waals surface area (Å²) in [6.07, 6.45) is 0. The highest BCUT2D eigenvalue weighted by Crippen LogP contribution is 2.34. The number of methoxy groups -OCH3 is 1. The van der Waals surface area contributed by atoms with Crippen molar-refractivity contribution in [2.75, 3.05) is 7.11 Å². The number of rotatable bonds is 2. The van der Waals surface area contributed by atoms with Crippen LogP contribution in [0.4, 0.5) is 0 Å². The van der Waals surface area contributed by atoms with Gasteiger partial charge in [-0.2, -0.15) is 0 Å². The summed E-state index contributed by atoms with van der Waals surface area (Å²) in [6.45, 7) is 0. The first-order valence-corrected chi connectivity index (χ1v) is 6.07. The van der Waals surface area contributed by atoms with Crippen molar-refractivity contribution < 1.29 is 19.7 Å². The van der Waals surface area contributed by atoms with E-state index in [4.69, 9.17) is 0 Å². The second-order valence-corrected chi connectivity index (χ2v) is 4.31. The zero-order valence-corrected chi connectivity index (χ0v) is 11.0. The molecule has 0 saturated carbocycles. The molecule has 0 bridgehead atoms. The van der Waals surface area contributed by atoms with Gasteiger partial charge in [-0.15, -0.1) is 5.10 Å². The molecular formula is C14H11N3O4. The highest BCUT2D eigenvalue weighted by molar-refractivity contribution is 5.98. The van der Waals surface area contributed by atoms with E-state index in [9.17, 15) is 15.0 Å². The van der Waals surface area contributed by atoms with Crippen LogP contribution < -0.4 is 0 Å². The molecule has 1 aromatic heterocycles. The number of phenolic OH excluding ortho intramolecular Hbond substituents is 2. The lowest BCUT2D eigenvalue weighted by Crippen LogP contribution is -2.09. The van der Waals surface area contributed by atoms with Gasteiger partial charge >= 0.3 is 5.97 Å². The molecule has 1 heterocycles. The lowest BCUT2D eigenvalue weighted by Gasteiger charge is -2.11. The first-order chi connectivity index (χ1) is 10.1. The van der Waals surface area contributed by atoms with E-state index in [0.717, 1.165) is 0 Å². The molecule has 0 spiro atoms. The minimum absolute atomic E-state index is 0.173. The van der Waals surface area contributed by atoms with Gasteiger partial charge in [0.25, 0.3) is 0 Å². The monoisotopic (exact) mass is 285 g/mol. The molecule has 7 heteroatoms. The van der Waals surface area contributed by atoms with E-state index in [0.29, 0.717) is 11.0 Å². The van der Waals surface area contributed by atoms with Gasteiger partial charge in [-0.1, -0.05) is 17.3 Å². The molecule has 0 atom stereocenters. The number of aromatic hydroxyl groups is 2. The molecule has 0 fully saturated rings. The van der Waals surface area contributed by atoms with Crippen molar-refractivity contribution in [3.8, 4) is 17.2 Å². The van der Waals surface area contributed by atoms with Crippen molar-refractivity contribution in [3.05, 3.63) is 42.0 Å². The summed E-state index contributed by atoms with van der Waals surface area (Å²) in [7, 11) is 1.19. The standard InChI is InChI=1S/C14H11N3O4/c1-21-14(20)12-10(6-7-11(18)13(12)19)17-9-5-3-2-4-8(9)15-16-17/h2-7,18-19H,1H3. The quantitative estimate of drug-likeness (QED) is 0.548. The Labute approximate surface area is 119 Å². The topological polar surface area (TPSA) is 97.5 Å². The molecule has 106 valence electrons. The van der Waals surface area contributed by atoms with E-state index in [2.05, 4.69) is 15.0 Å². The van der Waals surface area contributed by atoms with E-state index < -0.39 is 17.5 Å². The average Bonchev–Trinajstić information content (AvgIpc) is 2.93. The molecule has 0 amide bonds. The maximum absolute atomic E-state index is 11.9. The Hall–Kier alpha value is -3.09. The van der Waals surface area contributed by atoms with Gasteiger partial charge < -0.3 is 14.9 Å². The van der Waals surface area contributed by atoms with E-state index >= 15 is 0 Å². The third-order valence-electron chi connectivity index (χ3n) is 3.10. The lowest BCUT2D eigenvalue weighted by molar-refractivity contribution is 0.0596. The van der Waals surface area contributed by atoms with Crippen LogP contribution in [0, 0.1) is 0 Å². The Morgan fingerprint density at radius 3 is 2.71 bits per heavy atom. The molecule has 0 radical (unpaired) electrons. The summed E-state index contributed by atoms with van der Waals surface area (Å²) in [5.74, 6) is -1.75. The fourth-order valence-corrected chi connectivity index (χ4v) is 2.10. The van der Waals surface area contributed by atoms with Crippen LogP contribution in [0.25, 0.3) is 16.7 Å². The number of hydrogen-bond donors (Lipinski definition) is 2. The zero-order chi connectivity index (χ0) is 15.0. The number of nitrogens with zero attached hydrogens (tertiary/aromatic N) is 3. The summed E-state index contributed by atoms with van der Waals surface area (Å²) in [4.78, 5) is 11.9. The Kier molecular flexibility index (Phi) is 2.94. The smallest absolute Gasteiger partial charge is 0.344 e. The number of para-hydroxylation sites is 1. The van der Waals surface area contributed by atoms with E-state index in [1.807, 2.05) is 6.07 Å². The summed E-state index contributed by atoms with van der Waals surface area (Å²) in [5.41, 5.74) is 1.40. The van der Waals surface area contributed by atoms with E-state index in [1.54, 1.807) is 18.2 Å². The van der Waals surface area contributed by atoms with Gasteiger partial charge in [0.15, 0.2) is 11.5 Å². The Morgan fingerprint density at radius 2 is 1.95 bits per heavy atom. The number of carbonyl (C=O) groups excluding carboxylic acids is 1. The first kappa shape index (κ1) is 12.9. The second-order valence-electron chi connectivity index (χ2n) is 4.31. The number of carbonyl (C=O) groups is 1. The van der Waals surface area contributed by atoms with Gasteiger partial charge in [-0.25, -0.2) is 9.48 Å². The number of benzene rings is 2. The van der Waals surface area contributed by atoms with Crippen LogP contribution >= 0.6 is 0 Å². The third-order valence-corrected chi connectivity index (χ3v) is 3.10. The predicted molar refractivity (Wildman–Crippen MR) is 73.5 cm³/mol. The predicted octanol–water partition coefficient (Wildman–Crippen LogP) is 1.62. The first-order valence-electron chi connectivity index (χ1n) is 6.07. The van der Waals surface area contributed by atoms with Gasteiger partial charge in [-0.05, 0) is 24.3 Å². The summed E-state index contributed by atoms with van der Waals surface area (Å²) < 4.78 is 6.05. The van der Waals surface area contributed by atoms with Crippen molar-refractivity contribution in [2.45, 2.75) is 0 Å². The highest BCUT2D eigenvalue weighted by atomic mass is 16.5. The van der Waals surface area contributed by atoms with Gasteiger partial charge in [0, 0.05) is 0 Å². The van der Waals surface area contributed by atoms with Crippen molar-refractivity contribution in [3.63, 3.8) is 0 Å². The van der Waals surface area contributed by atoms with Crippen LogP contribution in [0.15, 0.2) is 36.4 Å². The number of phenols is 2. The minimum Gasteiger partial charge on any atom is -0.504 e. The SMILES string of the molecule is COC(=O)c1c(-n2nnc3ccccc32)ccc(O)c1O. The Morgan fingerprint density at radius 1 is 1.19 bits per heavy atom. The van der Waals surface area contributed by atoms with E-state index in [-0.39, 0.29) is 11.3 Å². The van der Waals surface area contributed by atoms with Crippen LogP contribution in [0.1, 0.15) is 10.4 Å². The third kappa shape index (κ3) is 1.95. The molecule has 7 nitrogen and oxygen atoms in total. The van der Waals surface area contributed by atoms with Gasteiger partial charge in [0.05, 0.1) is 18.3 Å². The molecule has 2 N–H and O–H groups in total. The molecule has 2 aromatic carbocycles. The number of hydrogen-bond acceptors (Lipinski definition) is 6. The van der Waals surface area contributed by atoms with E-state index in [1.165, 1.54) is 23.9 Å². The van der Waals surface area contributed by atoms with Crippen molar-refractivity contribution in [1.82, 2.24) is 15.0 Å². The lowest BCUT2D eigenvalue weighted by atomic mass is 10.1. The summed E-state index contributed by atoms with van der Waals surface area (Å²) >= 11 is 0. The Bertz CT molecular complexity index is 841. The fraction of sp³-hybridized carbons (Fsp3) is 0.0714. The number of fused-ring (bicyclic) bond motifs is 1. The molecule has 0 aliphatic carbocycles. The minimum atomic E-state index is -0.780. The van der Waals surface area contributed by atoms with Crippen LogP contribution in [0.3, 0.4) is 0 Å². The van der Waals surface area contributed by atoms with Crippen LogP contribution in [0.2, 0.25) is 0 Å². The zero-order valence-electron chi connectivity index (χ0n) is 11.0. The van der Waals surface area contributed by atoms with Crippen LogP contribution in [0.5, 0.6) is 11.5 Å². The van der Waals surface area contributed by atoms with Gasteiger partial charge in [0.2, 0.25) is 0 Å². The average molecular weight is 285 g/mol. The Balaban J connectivity index is 2.32. The normalized spacial score (nSPS) is 10.7. The molecular weight excluding hydrogens is 274 g/mol. The number of esters is 1. The second kappa shape index (κ2) is 4.78.